The van der Waals surface area contributed by atoms with E-state index in [0.717, 1.165) is 23.4 Å². The van der Waals surface area contributed by atoms with Crippen molar-refractivity contribution in [2.75, 3.05) is 13.1 Å². The number of pyridine rings is 2. The first-order valence-electron chi connectivity index (χ1n) is 9.80. The minimum absolute atomic E-state index is 0.00178. The molecular formula is C21H21N5O3. The maximum atomic E-state index is 12.9. The Morgan fingerprint density at radius 1 is 1.21 bits per heavy atom. The Morgan fingerprint density at radius 3 is 2.86 bits per heavy atom. The van der Waals surface area contributed by atoms with Crippen molar-refractivity contribution in [3.8, 4) is 11.3 Å². The Balaban J connectivity index is 1.43. The van der Waals surface area contributed by atoms with Crippen LogP contribution in [-0.2, 0) is 17.8 Å². The number of aryl methyl sites for hydroxylation is 1. The van der Waals surface area contributed by atoms with E-state index in [2.05, 4.69) is 21.4 Å². The smallest absolute Gasteiger partial charge is 0.251 e. The lowest BCUT2D eigenvalue weighted by Gasteiger charge is -2.43. The number of hydrogen-bond acceptors (Lipinski definition) is 6. The zero-order valence-electron chi connectivity index (χ0n) is 16.1. The summed E-state index contributed by atoms with van der Waals surface area (Å²) in [5, 5.41) is 7.58. The highest BCUT2D eigenvalue weighted by atomic mass is 16.6. The molecule has 1 amide bonds. The lowest BCUT2D eigenvalue weighted by Crippen LogP contribution is -2.49. The summed E-state index contributed by atoms with van der Waals surface area (Å²) in [5.41, 5.74) is 3.83. The highest BCUT2D eigenvalue weighted by molar-refractivity contribution is 5.78. The SMILES string of the molecule is Cc1nonc1CC(=O)N1C[C@@H]2C[C@H](C1)c1cc(-c3ccccn3)cc(=O)n1C2. The van der Waals surface area contributed by atoms with Crippen LogP contribution < -0.4 is 5.56 Å². The van der Waals surface area contributed by atoms with Gasteiger partial charge < -0.3 is 9.47 Å². The second kappa shape index (κ2) is 6.95. The van der Waals surface area contributed by atoms with Crippen LogP contribution in [0.5, 0.6) is 0 Å². The molecule has 0 radical (unpaired) electrons. The van der Waals surface area contributed by atoms with Crippen molar-refractivity contribution in [1.29, 1.82) is 0 Å². The predicted molar refractivity (Wildman–Crippen MR) is 104 cm³/mol. The summed E-state index contributed by atoms with van der Waals surface area (Å²) in [7, 11) is 0. The third-order valence-electron chi connectivity index (χ3n) is 5.93. The number of carbonyl (C=O) groups excluding carboxylic acids is 1. The molecule has 8 heteroatoms. The number of fused-ring (bicyclic) bond motifs is 4. The number of aromatic nitrogens is 4. The number of likely N-dealkylation sites (tertiary alicyclic amines) is 1. The predicted octanol–water partition coefficient (Wildman–Crippen LogP) is 1.79. The summed E-state index contributed by atoms with van der Waals surface area (Å²) in [6.45, 7) is 3.69. The minimum Gasteiger partial charge on any atom is -0.341 e. The molecule has 2 aliphatic heterocycles. The highest BCUT2D eigenvalue weighted by Crippen LogP contribution is 2.36. The van der Waals surface area contributed by atoms with Gasteiger partial charge in [-0.3, -0.25) is 14.6 Å². The fourth-order valence-electron chi connectivity index (χ4n) is 4.51. The molecule has 3 aromatic heterocycles. The lowest BCUT2D eigenvalue weighted by atomic mass is 9.82. The summed E-state index contributed by atoms with van der Waals surface area (Å²) in [5.74, 6) is 0.439. The molecule has 0 aromatic carbocycles. The van der Waals surface area contributed by atoms with Crippen molar-refractivity contribution in [1.82, 2.24) is 24.8 Å². The molecule has 0 aliphatic carbocycles. The Kier molecular flexibility index (Phi) is 4.26. The molecule has 3 aromatic rings. The van der Waals surface area contributed by atoms with Gasteiger partial charge in [-0.2, -0.15) is 0 Å². The number of amides is 1. The molecule has 2 atom stereocenters. The fourth-order valence-corrected chi connectivity index (χ4v) is 4.51. The number of piperidine rings is 1. The van der Waals surface area contributed by atoms with Crippen molar-refractivity contribution >= 4 is 5.91 Å². The molecule has 1 saturated heterocycles. The van der Waals surface area contributed by atoms with Crippen LogP contribution in [0.1, 0.15) is 29.4 Å². The van der Waals surface area contributed by atoms with Crippen LogP contribution in [0.4, 0.5) is 0 Å². The maximum absolute atomic E-state index is 12.9. The van der Waals surface area contributed by atoms with E-state index >= 15 is 0 Å². The zero-order valence-corrected chi connectivity index (χ0v) is 16.1. The molecule has 0 spiro atoms. The van der Waals surface area contributed by atoms with Crippen molar-refractivity contribution in [2.24, 2.45) is 5.92 Å². The minimum atomic E-state index is 0.00178. The largest absolute Gasteiger partial charge is 0.341 e. The summed E-state index contributed by atoms with van der Waals surface area (Å²) in [6.07, 6.45) is 2.90. The third kappa shape index (κ3) is 3.24. The maximum Gasteiger partial charge on any atom is 0.251 e. The summed E-state index contributed by atoms with van der Waals surface area (Å²) in [4.78, 5) is 31.9. The van der Waals surface area contributed by atoms with Gasteiger partial charge >= 0.3 is 0 Å². The average molecular weight is 391 g/mol. The monoisotopic (exact) mass is 391 g/mol. The fraction of sp³-hybridized carbons (Fsp3) is 0.381. The Bertz CT molecular complexity index is 1120. The van der Waals surface area contributed by atoms with Crippen LogP contribution in [0.2, 0.25) is 0 Å². The molecule has 0 unspecified atom stereocenters. The molecule has 148 valence electrons. The Labute approximate surface area is 167 Å². The van der Waals surface area contributed by atoms with Crippen LogP contribution in [-0.4, -0.2) is 43.8 Å². The second-order valence-electron chi connectivity index (χ2n) is 7.90. The zero-order chi connectivity index (χ0) is 20.0. The average Bonchev–Trinajstić information content (AvgIpc) is 3.13. The van der Waals surface area contributed by atoms with Gasteiger partial charge in [0, 0.05) is 49.1 Å². The molecule has 0 N–H and O–H groups in total. The number of carbonyl (C=O) groups is 1. The van der Waals surface area contributed by atoms with E-state index in [9.17, 15) is 9.59 Å². The summed E-state index contributed by atoms with van der Waals surface area (Å²) >= 11 is 0. The van der Waals surface area contributed by atoms with Gasteiger partial charge in [0.2, 0.25) is 5.91 Å². The van der Waals surface area contributed by atoms with Gasteiger partial charge in [-0.05, 0) is 37.5 Å². The molecule has 5 heterocycles. The Morgan fingerprint density at radius 2 is 2.10 bits per heavy atom. The van der Waals surface area contributed by atoms with Gasteiger partial charge in [-0.15, -0.1) is 0 Å². The van der Waals surface area contributed by atoms with Gasteiger partial charge in [0.05, 0.1) is 12.1 Å². The molecule has 8 nitrogen and oxygen atoms in total. The van der Waals surface area contributed by atoms with Crippen molar-refractivity contribution < 1.29 is 9.42 Å². The standard InChI is InChI=1S/C21H21N5O3/c1-13-18(24-29-23-13)9-20(27)25-10-14-6-16(12-25)19-7-15(8-21(28)26(19)11-14)17-4-2-3-5-22-17/h2-5,7-8,14,16H,6,9-12H2,1H3/t14-,16+/m0/s1. The first-order chi connectivity index (χ1) is 14.1. The lowest BCUT2D eigenvalue weighted by molar-refractivity contribution is -0.133. The van der Waals surface area contributed by atoms with E-state index in [-0.39, 0.29) is 29.7 Å². The van der Waals surface area contributed by atoms with E-state index in [4.69, 9.17) is 4.63 Å². The number of hydrogen-bond donors (Lipinski definition) is 0. The van der Waals surface area contributed by atoms with E-state index in [0.29, 0.717) is 31.0 Å². The summed E-state index contributed by atoms with van der Waals surface area (Å²) in [6, 6.07) is 9.40. The van der Waals surface area contributed by atoms with Gasteiger partial charge in [0.25, 0.3) is 5.56 Å². The van der Waals surface area contributed by atoms with Gasteiger partial charge in [-0.25, -0.2) is 4.63 Å². The van der Waals surface area contributed by atoms with Gasteiger partial charge in [0.1, 0.15) is 11.4 Å². The number of rotatable bonds is 3. The van der Waals surface area contributed by atoms with Crippen LogP contribution in [0, 0.1) is 12.8 Å². The topological polar surface area (TPSA) is 94.1 Å². The molecule has 2 bridgehead atoms. The van der Waals surface area contributed by atoms with E-state index in [1.807, 2.05) is 27.7 Å². The first kappa shape index (κ1) is 17.8. The van der Waals surface area contributed by atoms with Gasteiger partial charge in [-0.1, -0.05) is 16.4 Å². The molecule has 5 rings (SSSR count). The van der Waals surface area contributed by atoms with Crippen molar-refractivity contribution in [3.05, 3.63) is 64.0 Å². The first-order valence-corrected chi connectivity index (χ1v) is 9.80. The van der Waals surface area contributed by atoms with Crippen LogP contribution in [0.15, 0.2) is 46.0 Å². The Hall–Kier alpha value is -3.29. The van der Waals surface area contributed by atoms with E-state index < -0.39 is 0 Å². The molecule has 2 aliphatic rings. The molecule has 0 saturated carbocycles. The third-order valence-corrected chi connectivity index (χ3v) is 5.93. The van der Waals surface area contributed by atoms with Crippen molar-refractivity contribution in [2.45, 2.75) is 32.2 Å². The van der Waals surface area contributed by atoms with Crippen LogP contribution in [0.25, 0.3) is 11.3 Å². The van der Waals surface area contributed by atoms with Crippen molar-refractivity contribution in [3.63, 3.8) is 0 Å². The van der Waals surface area contributed by atoms with E-state index in [1.165, 1.54) is 0 Å². The molecule has 1 fully saturated rings. The second-order valence-corrected chi connectivity index (χ2v) is 7.90. The molecule has 29 heavy (non-hydrogen) atoms. The summed E-state index contributed by atoms with van der Waals surface area (Å²) < 4.78 is 6.58. The molecular weight excluding hydrogens is 370 g/mol. The van der Waals surface area contributed by atoms with E-state index in [1.54, 1.807) is 19.2 Å². The number of nitrogens with zero attached hydrogens (tertiary/aromatic N) is 5. The van der Waals surface area contributed by atoms with Crippen LogP contribution >= 0.6 is 0 Å². The quantitative estimate of drug-likeness (QED) is 0.676. The van der Waals surface area contributed by atoms with Crippen LogP contribution in [0.3, 0.4) is 0 Å². The normalized spacial score (nSPS) is 20.4. The van der Waals surface area contributed by atoms with Gasteiger partial charge in [0.15, 0.2) is 0 Å². The highest BCUT2D eigenvalue weighted by Gasteiger charge is 2.36.